The smallest absolute Gasteiger partial charge is 0.338 e. The first-order valence-electron chi connectivity index (χ1n) is 15.9. The molecular formula is C40H30ClIN2O5S. The summed E-state index contributed by atoms with van der Waals surface area (Å²) >= 11 is 9.75. The van der Waals surface area contributed by atoms with E-state index >= 15 is 0 Å². The molecule has 5 aromatic carbocycles. The van der Waals surface area contributed by atoms with Crippen LogP contribution in [0, 0.1) is 3.57 Å². The maximum Gasteiger partial charge on any atom is 0.338 e. The lowest BCUT2D eigenvalue weighted by Crippen LogP contribution is -2.40. The van der Waals surface area contributed by atoms with E-state index in [4.69, 9.17) is 30.8 Å². The Bertz CT molecular complexity index is 2450. The number of carbonyl (C=O) groups excluding carboxylic acids is 1. The molecule has 1 aliphatic rings. The Kier molecular flexibility index (Phi) is 9.89. The maximum absolute atomic E-state index is 14.3. The van der Waals surface area contributed by atoms with Crippen molar-refractivity contribution in [3.8, 4) is 11.5 Å². The number of aromatic nitrogens is 1. The second-order valence-corrected chi connectivity index (χ2v) is 14.1. The van der Waals surface area contributed by atoms with Gasteiger partial charge in [0.2, 0.25) is 0 Å². The minimum atomic E-state index is -0.792. The van der Waals surface area contributed by atoms with E-state index in [1.54, 1.807) is 30.7 Å². The fourth-order valence-corrected chi connectivity index (χ4v) is 7.99. The summed E-state index contributed by atoms with van der Waals surface area (Å²) in [6.07, 6.45) is 1.82. The van der Waals surface area contributed by atoms with Crippen LogP contribution in [0.4, 0.5) is 0 Å². The summed E-state index contributed by atoms with van der Waals surface area (Å²) in [5.41, 5.74) is 3.73. The Labute approximate surface area is 310 Å². The highest BCUT2D eigenvalue weighted by Gasteiger charge is 2.35. The zero-order valence-corrected chi connectivity index (χ0v) is 30.8. The van der Waals surface area contributed by atoms with E-state index < -0.39 is 12.0 Å². The van der Waals surface area contributed by atoms with Crippen molar-refractivity contribution >= 4 is 74.0 Å². The number of methoxy groups -OCH3 is 1. The van der Waals surface area contributed by atoms with Gasteiger partial charge in [-0.15, -0.1) is 0 Å². The predicted octanol–water partition coefficient (Wildman–Crippen LogP) is 7.93. The zero-order chi connectivity index (χ0) is 34.8. The van der Waals surface area contributed by atoms with Crippen LogP contribution in [0.1, 0.15) is 35.2 Å². The summed E-state index contributed by atoms with van der Waals surface area (Å²) < 4.78 is 20.5. The molecule has 0 radical (unpaired) electrons. The van der Waals surface area contributed by atoms with Gasteiger partial charge in [-0.05, 0) is 87.3 Å². The zero-order valence-electron chi connectivity index (χ0n) is 27.1. The number of fused-ring (bicyclic) bond motifs is 2. The van der Waals surface area contributed by atoms with Gasteiger partial charge in [0.25, 0.3) is 5.56 Å². The van der Waals surface area contributed by atoms with Gasteiger partial charge in [0, 0.05) is 10.6 Å². The lowest BCUT2D eigenvalue weighted by molar-refractivity contribution is -0.138. The van der Waals surface area contributed by atoms with Gasteiger partial charge in [-0.25, -0.2) is 9.79 Å². The third kappa shape index (κ3) is 6.60. The summed E-state index contributed by atoms with van der Waals surface area (Å²) in [6.45, 7) is 2.29. The van der Waals surface area contributed by atoms with Crippen LogP contribution in [0.5, 0.6) is 11.5 Å². The lowest BCUT2D eigenvalue weighted by atomic mass is 9.93. The molecule has 6 aromatic rings. The van der Waals surface area contributed by atoms with E-state index in [2.05, 4.69) is 46.9 Å². The second-order valence-electron chi connectivity index (χ2n) is 11.4. The lowest BCUT2D eigenvalue weighted by Gasteiger charge is -2.25. The minimum Gasteiger partial charge on any atom is -0.493 e. The Morgan fingerprint density at radius 2 is 1.72 bits per heavy atom. The summed E-state index contributed by atoms with van der Waals surface area (Å²) in [5.74, 6) is 0.628. The monoisotopic (exact) mass is 812 g/mol. The first-order chi connectivity index (χ1) is 24.4. The molecule has 250 valence electrons. The number of esters is 1. The van der Waals surface area contributed by atoms with Gasteiger partial charge in [-0.2, -0.15) is 0 Å². The highest BCUT2D eigenvalue weighted by atomic mass is 127. The van der Waals surface area contributed by atoms with E-state index in [1.165, 1.54) is 11.3 Å². The summed E-state index contributed by atoms with van der Waals surface area (Å²) in [4.78, 5) is 33.4. The topological polar surface area (TPSA) is 79.1 Å². The third-order valence-corrected chi connectivity index (χ3v) is 10.4. The van der Waals surface area contributed by atoms with Crippen LogP contribution in [0.3, 0.4) is 0 Å². The summed E-state index contributed by atoms with van der Waals surface area (Å²) in [5, 5.41) is 2.82. The van der Waals surface area contributed by atoms with E-state index in [0.29, 0.717) is 43.7 Å². The van der Waals surface area contributed by atoms with Gasteiger partial charge >= 0.3 is 5.97 Å². The fourth-order valence-electron chi connectivity index (χ4n) is 6.08. The van der Waals surface area contributed by atoms with Crippen LogP contribution in [-0.2, 0) is 16.1 Å². The molecule has 1 atom stereocenters. The van der Waals surface area contributed by atoms with Crippen molar-refractivity contribution in [1.82, 2.24) is 4.57 Å². The van der Waals surface area contributed by atoms with Crippen molar-refractivity contribution in [3.05, 3.63) is 165 Å². The van der Waals surface area contributed by atoms with Crippen molar-refractivity contribution in [2.45, 2.75) is 19.6 Å². The molecule has 0 aliphatic carbocycles. The molecule has 7 rings (SSSR count). The first kappa shape index (κ1) is 33.8. The number of hydrogen-bond acceptors (Lipinski definition) is 7. The SMILES string of the molecule is CCOC(=O)C1=C(c2ccccc2)N=c2s/c(=C\c3cc(I)c(OCc4cccc5ccccc45)c(OC)c3)c(=O)n2[C@H]1c1ccc(Cl)cc1. The van der Waals surface area contributed by atoms with Crippen LogP contribution < -0.4 is 24.4 Å². The largest absolute Gasteiger partial charge is 0.493 e. The highest BCUT2D eigenvalue weighted by molar-refractivity contribution is 14.1. The average molecular weight is 813 g/mol. The Balaban J connectivity index is 1.33. The van der Waals surface area contributed by atoms with Crippen LogP contribution >= 0.6 is 45.5 Å². The van der Waals surface area contributed by atoms with Gasteiger partial charge in [0.15, 0.2) is 16.3 Å². The molecule has 10 heteroatoms. The molecule has 0 spiro atoms. The number of benzene rings is 5. The van der Waals surface area contributed by atoms with E-state index in [9.17, 15) is 9.59 Å². The van der Waals surface area contributed by atoms with Crippen molar-refractivity contribution in [2.75, 3.05) is 13.7 Å². The molecule has 50 heavy (non-hydrogen) atoms. The fraction of sp³-hybridized carbons (Fsp3) is 0.125. The first-order valence-corrected chi connectivity index (χ1v) is 18.1. The second kappa shape index (κ2) is 14.6. The van der Waals surface area contributed by atoms with E-state index in [-0.39, 0.29) is 17.7 Å². The molecule has 7 nitrogen and oxygen atoms in total. The number of hydrogen-bond donors (Lipinski definition) is 0. The minimum absolute atomic E-state index is 0.171. The Hall–Kier alpha value is -4.71. The van der Waals surface area contributed by atoms with Crippen molar-refractivity contribution in [1.29, 1.82) is 0 Å². The van der Waals surface area contributed by atoms with Crippen molar-refractivity contribution in [2.24, 2.45) is 4.99 Å². The van der Waals surface area contributed by atoms with Crippen molar-refractivity contribution in [3.63, 3.8) is 0 Å². The molecule has 0 saturated carbocycles. The number of nitrogens with zero attached hydrogens (tertiary/aromatic N) is 2. The molecule has 0 N–H and O–H groups in total. The normalized spacial score (nSPS) is 14.3. The Morgan fingerprint density at radius 3 is 2.48 bits per heavy atom. The van der Waals surface area contributed by atoms with Crippen LogP contribution in [0.2, 0.25) is 5.02 Å². The van der Waals surface area contributed by atoms with Crippen LogP contribution in [0.15, 0.2) is 125 Å². The number of rotatable bonds is 9. The molecule has 2 heterocycles. The van der Waals surface area contributed by atoms with Crippen molar-refractivity contribution < 1.29 is 19.0 Å². The molecule has 0 amide bonds. The van der Waals surface area contributed by atoms with E-state index in [0.717, 1.165) is 31.0 Å². The molecular weight excluding hydrogens is 783 g/mol. The highest BCUT2D eigenvalue weighted by Crippen LogP contribution is 2.37. The standard InChI is InChI=1S/C40H30ClIN2O5S/c1-3-48-39(46)34-35(26-11-5-4-6-12-26)43-40-44(36(34)27-16-18-29(41)19-17-27)38(45)33(50-40)22-24-20-31(42)37(32(21-24)47-2)49-23-28-14-9-13-25-10-7-8-15-30(25)28/h4-22,36H,3,23H2,1-2H3/b33-22-/t36-/m0/s1. The maximum atomic E-state index is 14.3. The molecule has 0 saturated heterocycles. The van der Waals surface area contributed by atoms with E-state index in [1.807, 2.05) is 78.9 Å². The molecule has 1 aromatic heterocycles. The number of halogens is 2. The summed E-state index contributed by atoms with van der Waals surface area (Å²) in [6, 6.07) is 34.0. The third-order valence-electron chi connectivity index (χ3n) is 8.36. The number of thiazole rings is 1. The number of carbonyl (C=O) groups is 1. The van der Waals surface area contributed by atoms with Gasteiger partial charge in [0.1, 0.15) is 6.61 Å². The van der Waals surface area contributed by atoms with Gasteiger partial charge in [-0.1, -0.05) is 108 Å². The average Bonchev–Trinajstić information content (AvgIpc) is 3.44. The molecule has 1 aliphatic heterocycles. The van der Waals surface area contributed by atoms with Crippen LogP contribution in [-0.4, -0.2) is 24.3 Å². The van der Waals surface area contributed by atoms with Gasteiger partial charge in [-0.3, -0.25) is 9.36 Å². The quantitative estimate of drug-likeness (QED) is 0.110. The number of ether oxygens (including phenoxy) is 3. The molecule has 0 unspecified atom stereocenters. The molecule has 0 bridgehead atoms. The Morgan fingerprint density at radius 1 is 0.980 bits per heavy atom. The van der Waals surface area contributed by atoms with Gasteiger partial charge < -0.3 is 14.2 Å². The van der Waals surface area contributed by atoms with Crippen LogP contribution in [0.25, 0.3) is 22.5 Å². The summed E-state index contributed by atoms with van der Waals surface area (Å²) in [7, 11) is 1.60. The predicted molar refractivity (Wildman–Crippen MR) is 207 cm³/mol. The molecule has 0 fully saturated rings. The van der Waals surface area contributed by atoms with Gasteiger partial charge in [0.05, 0.1) is 39.1 Å².